The topological polar surface area (TPSA) is 81.0 Å². The number of rotatable bonds is 2. The van der Waals surface area contributed by atoms with E-state index in [0.29, 0.717) is 11.7 Å². The Balaban J connectivity index is 0.00000200. The maximum absolute atomic E-state index is 11.5. The largest absolute Gasteiger partial charge is 0.364 e. The fourth-order valence-electron chi connectivity index (χ4n) is 2.22. The average Bonchev–Trinajstić information content (AvgIpc) is 2.46. The number of amides is 1. The molecule has 7 heteroatoms. The number of pyridine rings is 1. The van der Waals surface area contributed by atoms with Crippen molar-refractivity contribution in [2.45, 2.75) is 13.0 Å². The predicted octanol–water partition coefficient (Wildman–Crippen LogP) is 0.533. The molecule has 1 atom stereocenters. The maximum atomic E-state index is 11.5. The highest BCUT2D eigenvalue weighted by Gasteiger charge is 2.22. The quantitative estimate of drug-likeness (QED) is 0.832. The third-order valence-electron chi connectivity index (χ3n) is 3.25. The second-order valence-electron chi connectivity index (χ2n) is 4.50. The molecule has 0 radical (unpaired) electrons. The van der Waals surface area contributed by atoms with Gasteiger partial charge in [-0.15, -0.1) is 12.4 Å². The van der Waals surface area contributed by atoms with Gasteiger partial charge >= 0.3 is 0 Å². The van der Waals surface area contributed by atoms with Crippen molar-refractivity contribution in [2.24, 2.45) is 0 Å². The number of carbonyl (C=O) groups excluding carboxylic acids is 1. The molecule has 1 fully saturated rings. The van der Waals surface area contributed by atoms with Crippen LogP contribution in [0.1, 0.15) is 23.1 Å². The summed E-state index contributed by atoms with van der Waals surface area (Å²) in [6.45, 7) is 4.69. The first-order valence-electron chi connectivity index (χ1n) is 6.28. The van der Waals surface area contributed by atoms with Crippen molar-refractivity contribution < 1.29 is 4.79 Å². The molecule has 0 unspecified atom stereocenters. The molecule has 0 bridgehead atoms. The van der Waals surface area contributed by atoms with Crippen molar-refractivity contribution in [1.82, 2.24) is 15.6 Å². The second kappa shape index (κ2) is 7.08. The fourth-order valence-corrected chi connectivity index (χ4v) is 2.22. The van der Waals surface area contributed by atoms with E-state index in [1.807, 2.05) is 0 Å². The maximum Gasteiger partial charge on any atom is 0.269 e. The summed E-state index contributed by atoms with van der Waals surface area (Å²) in [5.41, 5.74) is 1.37. The Kier molecular flexibility index (Phi) is 5.74. The van der Waals surface area contributed by atoms with Gasteiger partial charge in [-0.3, -0.25) is 4.79 Å². The first-order valence-corrected chi connectivity index (χ1v) is 6.28. The van der Waals surface area contributed by atoms with Crippen LogP contribution >= 0.6 is 12.4 Å². The lowest BCUT2D eigenvalue weighted by atomic mass is 10.1. The van der Waals surface area contributed by atoms with Crippen LogP contribution < -0.4 is 15.5 Å². The summed E-state index contributed by atoms with van der Waals surface area (Å²) in [5, 5.41) is 15.0. The van der Waals surface area contributed by atoms with Gasteiger partial charge in [0, 0.05) is 32.7 Å². The van der Waals surface area contributed by atoms with Crippen molar-refractivity contribution in [3.05, 3.63) is 23.5 Å². The smallest absolute Gasteiger partial charge is 0.269 e. The van der Waals surface area contributed by atoms with Gasteiger partial charge in [-0.1, -0.05) is 0 Å². The lowest BCUT2D eigenvalue weighted by Crippen LogP contribution is -2.50. The molecule has 1 amide bonds. The number of carbonyl (C=O) groups is 1. The zero-order valence-corrected chi connectivity index (χ0v) is 12.3. The number of hydrogen-bond acceptors (Lipinski definition) is 5. The zero-order valence-electron chi connectivity index (χ0n) is 11.5. The number of piperazine rings is 1. The number of nitriles is 1. The van der Waals surface area contributed by atoms with Crippen LogP contribution in [0.2, 0.25) is 0 Å². The van der Waals surface area contributed by atoms with Crippen LogP contribution in [-0.2, 0) is 0 Å². The SMILES string of the molecule is CNC(=O)c1ccc(N2CCNC[C@H]2C)c(C#N)n1.Cl. The predicted molar refractivity (Wildman–Crippen MR) is 79.3 cm³/mol. The van der Waals surface area contributed by atoms with Gasteiger partial charge in [0.25, 0.3) is 5.91 Å². The Morgan fingerprint density at radius 3 is 2.95 bits per heavy atom. The molecule has 6 nitrogen and oxygen atoms in total. The molecule has 1 saturated heterocycles. The van der Waals surface area contributed by atoms with E-state index in [0.717, 1.165) is 25.3 Å². The van der Waals surface area contributed by atoms with Gasteiger partial charge in [-0.25, -0.2) is 4.98 Å². The van der Waals surface area contributed by atoms with Crippen LogP contribution in [0.5, 0.6) is 0 Å². The molecule has 1 aromatic heterocycles. The summed E-state index contributed by atoms with van der Waals surface area (Å²) in [5.74, 6) is -0.281. The summed E-state index contributed by atoms with van der Waals surface area (Å²) in [6, 6.07) is 5.84. The molecule has 2 heterocycles. The van der Waals surface area contributed by atoms with Gasteiger partial charge < -0.3 is 15.5 Å². The van der Waals surface area contributed by atoms with E-state index in [4.69, 9.17) is 0 Å². The third-order valence-corrected chi connectivity index (χ3v) is 3.25. The van der Waals surface area contributed by atoms with Crippen molar-refractivity contribution in [2.75, 3.05) is 31.6 Å². The number of nitrogens with zero attached hydrogens (tertiary/aromatic N) is 3. The molecule has 1 aliphatic heterocycles. The minimum absolute atomic E-state index is 0. The number of hydrogen-bond donors (Lipinski definition) is 2. The van der Waals surface area contributed by atoms with Crippen molar-refractivity contribution in [3.63, 3.8) is 0 Å². The first-order chi connectivity index (χ1) is 9.17. The molecule has 2 rings (SSSR count). The normalized spacial score (nSPS) is 17.9. The highest BCUT2D eigenvalue weighted by Crippen LogP contribution is 2.22. The molecular formula is C13H18ClN5O. The van der Waals surface area contributed by atoms with Crippen LogP contribution in [0, 0.1) is 11.3 Å². The fraction of sp³-hybridized carbons (Fsp3) is 0.462. The molecule has 1 aromatic rings. The van der Waals surface area contributed by atoms with E-state index in [1.54, 1.807) is 19.2 Å². The molecule has 1 aliphatic rings. The van der Waals surface area contributed by atoms with E-state index in [9.17, 15) is 10.1 Å². The zero-order chi connectivity index (χ0) is 13.8. The van der Waals surface area contributed by atoms with Crippen LogP contribution in [0.15, 0.2) is 12.1 Å². The van der Waals surface area contributed by atoms with Gasteiger partial charge in [0.2, 0.25) is 0 Å². The van der Waals surface area contributed by atoms with Crippen LogP contribution in [0.4, 0.5) is 5.69 Å². The molecule has 0 spiro atoms. The molecule has 20 heavy (non-hydrogen) atoms. The standard InChI is InChI=1S/C13H17N5O.ClH/c1-9-8-16-5-6-18(9)12-4-3-10(13(19)15-2)17-11(12)7-14;/h3-4,9,16H,5-6,8H2,1-2H3,(H,15,19);1H/t9-;/m1./s1. The van der Waals surface area contributed by atoms with Gasteiger partial charge in [-0.2, -0.15) is 5.26 Å². The minimum atomic E-state index is -0.281. The lowest BCUT2D eigenvalue weighted by Gasteiger charge is -2.36. The van der Waals surface area contributed by atoms with Crippen LogP contribution in [-0.4, -0.2) is 43.6 Å². The Morgan fingerprint density at radius 1 is 1.60 bits per heavy atom. The van der Waals surface area contributed by atoms with E-state index in [2.05, 4.69) is 33.5 Å². The molecule has 0 aromatic carbocycles. The average molecular weight is 296 g/mol. The van der Waals surface area contributed by atoms with Gasteiger partial charge in [0.05, 0.1) is 5.69 Å². The Bertz CT molecular complexity index is 528. The number of anilines is 1. The molecule has 0 saturated carbocycles. The Morgan fingerprint density at radius 2 is 2.35 bits per heavy atom. The summed E-state index contributed by atoms with van der Waals surface area (Å²) in [7, 11) is 1.54. The second-order valence-corrected chi connectivity index (χ2v) is 4.50. The molecule has 108 valence electrons. The first kappa shape index (κ1) is 16.2. The number of nitrogens with one attached hydrogen (secondary N) is 2. The van der Waals surface area contributed by atoms with Crippen LogP contribution in [0.3, 0.4) is 0 Å². The van der Waals surface area contributed by atoms with E-state index in [-0.39, 0.29) is 24.0 Å². The Hall–Kier alpha value is -1.84. The highest BCUT2D eigenvalue weighted by molar-refractivity contribution is 5.92. The summed E-state index contributed by atoms with van der Waals surface area (Å²) >= 11 is 0. The third kappa shape index (κ3) is 3.18. The highest BCUT2D eigenvalue weighted by atomic mass is 35.5. The van der Waals surface area contributed by atoms with Crippen LogP contribution in [0.25, 0.3) is 0 Å². The molecule has 2 N–H and O–H groups in total. The van der Waals surface area contributed by atoms with Crippen molar-refractivity contribution in [3.8, 4) is 6.07 Å². The summed E-state index contributed by atoms with van der Waals surface area (Å²) in [4.78, 5) is 17.8. The lowest BCUT2D eigenvalue weighted by molar-refractivity contribution is 0.0958. The summed E-state index contributed by atoms with van der Waals surface area (Å²) < 4.78 is 0. The van der Waals surface area contributed by atoms with Gasteiger partial charge in [0.1, 0.15) is 11.8 Å². The van der Waals surface area contributed by atoms with E-state index < -0.39 is 0 Å². The Labute approximate surface area is 124 Å². The number of aromatic nitrogens is 1. The summed E-state index contributed by atoms with van der Waals surface area (Å²) in [6.07, 6.45) is 0. The molecule has 0 aliphatic carbocycles. The van der Waals surface area contributed by atoms with E-state index >= 15 is 0 Å². The molecular weight excluding hydrogens is 278 g/mol. The van der Waals surface area contributed by atoms with Gasteiger partial charge in [-0.05, 0) is 19.1 Å². The van der Waals surface area contributed by atoms with Crippen molar-refractivity contribution in [1.29, 1.82) is 5.26 Å². The number of halogens is 1. The van der Waals surface area contributed by atoms with E-state index in [1.165, 1.54) is 0 Å². The van der Waals surface area contributed by atoms with Gasteiger partial charge in [0.15, 0.2) is 5.69 Å². The monoisotopic (exact) mass is 295 g/mol. The minimum Gasteiger partial charge on any atom is -0.364 e. The van der Waals surface area contributed by atoms with Crippen molar-refractivity contribution >= 4 is 24.0 Å².